The Morgan fingerprint density at radius 3 is 2.72 bits per heavy atom. The summed E-state index contributed by atoms with van der Waals surface area (Å²) in [5.41, 5.74) is 0.735. The molecule has 0 saturated heterocycles. The summed E-state index contributed by atoms with van der Waals surface area (Å²) >= 11 is 5.78. The summed E-state index contributed by atoms with van der Waals surface area (Å²) in [4.78, 5) is 18.6. The first-order chi connectivity index (χ1) is 8.56. The highest BCUT2D eigenvalue weighted by molar-refractivity contribution is 6.30. The molecule has 0 radical (unpaired) electrons. The fraction of sp³-hybridized carbons (Fsp3) is 0.0833. The number of hydrogen-bond donors (Lipinski definition) is 1. The Hall–Kier alpha value is -2.14. The number of pyridine rings is 2. The topological polar surface area (TPSA) is 72.3 Å². The molecule has 0 saturated carbocycles. The summed E-state index contributed by atoms with van der Waals surface area (Å²) in [5.74, 6) is -0.258. The van der Waals surface area contributed by atoms with Crippen molar-refractivity contribution >= 4 is 17.6 Å². The minimum Gasteiger partial charge on any atom is -0.478 e. The SMILES string of the molecule is Cc1cc(C(=O)O)cnc1Oc1cncc(Cl)c1. The molecule has 2 aromatic rings. The van der Waals surface area contributed by atoms with Gasteiger partial charge in [-0.15, -0.1) is 0 Å². The second kappa shape index (κ2) is 5.01. The molecular weight excluding hydrogens is 256 g/mol. The molecule has 18 heavy (non-hydrogen) atoms. The third-order valence-electron chi connectivity index (χ3n) is 2.17. The zero-order chi connectivity index (χ0) is 13.1. The van der Waals surface area contributed by atoms with Crippen molar-refractivity contribution in [3.05, 3.63) is 46.9 Å². The van der Waals surface area contributed by atoms with Gasteiger partial charge in [0.25, 0.3) is 0 Å². The van der Waals surface area contributed by atoms with Gasteiger partial charge in [0.15, 0.2) is 0 Å². The first-order valence-corrected chi connectivity index (χ1v) is 5.42. The average Bonchev–Trinajstić information content (AvgIpc) is 2.31. The Kier molecular flexibility index (Phi) is 3.43. The van der Waals surface area contributed by atoms with Crippen molar-refractivity contribution in [1.29, 1.82) is 0 Å². The molecule has 2 rings (SSSR count). The Labute approximate surface area is 108 Å². The fourth-order valence-corrected chi connectivity index (χ4v) is 1.51. The minimum absolute atomic E-state index is 0.115. The zero-order valence-electron chi connectivity index (χ0n) is 9.42. The normalized spacial score (nSPS) is 10.1. The van der Waals surface area contributed by atoms with Crippen molar-refractivity contribution < 1.29 is 14.6 Å². The summed E-state index contributed by atoms with van der Waals surface area (Å²) in [5, 5.41) is 9.27. The molecule has 0 aliphatic rings. The molecule has 0 atom stereocenters. The van der Waals surface area contributed by atoms with Crippen molar-refractivity contribution in [2.75, 3.05) is 0 Å². The number of nitrogens with zero attached hydrogens (tertiary/aromatic N) is 2. The van der Waals surface area contributed by atoms with E-state index in [1.54, 1.807) is 13.0 Å². The van der Waals surface area contributed by atoms with E-state index in [0.717, 1.165) is 0 Å². The van der Waals surface area contributed by atoms with Crippen LogP contribution in [0.25, 0.3) is 0 Å². The van der Waals surface area contributed by atoms with Gasteiger partial charge >= 0.3 is 5.97 Å². The lowest BCUT2D eigenvalue weighted by molar-refractivity contribution is 0.0696. The summed E-state index contributed by atoms with van der Waals surface area (Å²) in [7, 11) is 0. The lowest BCUT2D eigenvalue weighted by atomic mass is 10.2. The maximum Gasteiger partial charge on any atom is 0.337 e. The lowest BCUT2D eigenvalue weighted by Crippen LogP contribution is -2.00. The number of aryl methyl sites for hydroxylation is 1. The number of carboxylic acid groups (broad SMARTS) is 1. The van der Waals surface area contributed by atoms with Gasteiger partial charge in [-0.1, -0.05) is 11.6 Å². The van der Waals surface area contributed by atoms with Gasteiger partial charge in [0.05, 0.1) is 16.8 Å². The van der Waals surface area contributed by atoms with Crippen LogP contribution in [0.4, 0.5) is 0 Å². The number of carbonyl (C=O) groups is 1. The van der Waals surface area contributed by atoms with Crippen LogP contribution in [0.5, 0.6) is 11.6 Å². The van der Waals surface area contributed by atoms with E-state index in [1.807, 2.05) is 0 Å². The van der Waals surface area contributed by atoms with Crippen LogP contribution in [0, 0.1) is 6.92 Å². The van der Waals surface area contributed by atoms with Crippen LogP contribution >= 0.6 is 11.6 Å². The molecule has 2 aromatic heterocycles. The summed E-state index contributed by atoms with van der Waals surface area (Å²) in [6, 6.07) is 3.09. The van der Waals surface area contributed by atoms with Gasteiger partial charge in [-0.2, -0.15) is 0 Å². The third-order valence-corrected chi connectivity index (χ3v) is 2.38. The van der Waals surface area contributed by atoms with Gasteiger partial charge in [0.2, 0.25) is 5.88 Å². The molecule has 1 N–H and O–H groups in total. The number of aromatic nitrogens is 2. The van der Waals surface area contributed by atoms with Crippen LogP contribution in [0.2, 0.25) is 5.02 Å². The number of hydrogen-bond acceptors (Lipinski definition) is 4. The quantitative estimate of drug-likeness (QED) is 0.923. The second-order valence-corrected chi connectivity index (χ2v) is 4.03. The van der Waals surface area contributed by atoms with Crippen LogP contribution in [-0.2, 0) is 0 Å². The Morgan fingerprint density at radius 2 is 2.11 bits per heavy atom. The highest BCUT2D eigenvalue weighted by Crippen LogP contribution is 2.24. The van der Waals surface area contributed by atoms with E-state index in [-0.39, 0.29) is 5.56 Å². The first kappa shape index (κ1) is 12.3. The van der Waals surface area contributed by atoms with E-state index in [4.69, 9.17) is 21.4 Å². The molecule has 0 aliphatic carbocycles. The molecule has 0 aliphatic heterocycles. The van der Waals surface area contributed by atoms with Gasteiger partial charge < -0.3 is 9.84 Å². The fourth-order valence-electron chi connectivity index (χ4n) is 1.35. The van der Waals surface area contributed by atoms with Crippen molar-refractivity contribution in [2.24, 2.45) is 0 Å². The highest BCUT2D eigenvalue weighted by atomic mass is 35.5. The number of rotatable bonds is 3. The Morgan fingerprint density at radius 1 is 1.33 bits per heavy atom. The van der Waals surface area contributed by atoms with Crippen LogP contribution in [-0.4, -0.2) is 21.0 Å². The molecule has 5 nitrogen and oxygen atoms in total. The summed E-state index contributed by atoms with van der Waals surface area (Å²) in [6.07, 6.45) is 4.23. The molecule has 0 amide bonds. The predicted octanol–water partition coefficient (Wildman–Crippen LogP) is 2.93. The summed E-state index contributed by atoms with van der Waals surface area (Å²) in [6.45, 7) is 1.72. The largest absolute Gasteiger partial charge is 0.478 e. The van der Waals surface area contributed by atoms with E-state index in [9.17, 15) is 4.79 Å². The van der Waals surface area contributed by atoms with Crippen molar-refractivity contribution in [3.63, 3.8) is 0 Å². The van der Waals surface area contributed by atoms with Gasteiger partial charge in [-0.05, 0) is 13.0 Å². The Bertz CT molecular complexity index is 602. The second-order valence-electron chi connectivity index (χ2n) is 3.59. The van der Waals surface area contributed by atoms with Crippen molar-refractivity contribution in [2.45, 2.75) is 6.92 Å². The van der Waals surface area contributed by atoms with Gasteiger partial charge in [-0.3, -0.25) is 4.98 Å². The molecule has 0 spiro atoms. The monoisotopic (exact) mass is 264 g/mol. The van der Waals surface area contributed by atoms with E-state index in [1.165, 1.54) is 24.7 Å². The van der Waals surface area contributed by atoms with Crippen molar-refractivity contribution in [1.82, 2.24) is 9.97 Å². The minimum atomic E-state index is -1.03. The maximum atomic E-state index is 10.8. The molecule has 0 unspecified atom stereocenters. The zero-order valence-corrected chi connectivity index (χ0v) is 10.2. The maximum absolute atomic E-state index is 10.8. The average molecular weight is 265 g/mol. The van der Waals surface area contributed by atoms with E-state index in [0.29, 0.717) is 22.2 Å². The van der Waals surface area contributed by atoms with E-state index in [2.05, 4.69) is 9.97 Å². The van der Waals surface area contributed by atoms with Crippen LogP contribution in [0.3, 0.4) is 0 Å². The molecule has 0 bridgehead atoms. The molecule has 0 fully saturated rings. The van der Waals surface area contributed by atoms with Gasteiger partial charge in [0, 0.05) is 24.0 Å². The molecule has 0 aromatic carbocycles. The number of carboxylic acids is 1. The number of halogens is 1. The van der Waals surface area contributed by atoms with Gasteiger partial charge in [-0.25, -0.2) is 9.78 Å². The van der Waals surface area contributed by atoms with Crippen LogP contribution < -0.4 is 4.74 Å². The van der Waals surface area contributed by atoms with E-state index >= 15 is 0 Å². The standard InChI is InChI=1S/C12H9ClN2O3/c1-7-2-8(12(16)17)4-15-11(7)18-10-3-9(13)5-14-6-10/h2-6H,1H3,(H,16,17). The van der Waals surface area contributed by atoms with E-state index < -0.39 is 5.97 Å². The summed E-state index contributed by atoms with van der Waals surface area (Å²) < 4.78 is 5.47. The van der Waals surface area contributed by atoms with Crippen LogP contribution in [0.1, 0.15) is 15.9 Å². The molecule has 6 heteroatoms. The molecule has 2 heterocycles. The Balaban J connectivity index is 2.27. The number of ether oxygens (including phenoxy) is 1. The van der Waals surface area contributed by atoms with Gasteiger partial charge in [0.1, 0.15) is 5.75 Å². The number of aromatic carboxylic acids is 1. The van der Waals surface area contributed by atoms with Crippen LogP contribution in [0.15, 0.2) is 30.7 Å². The predicted molar refractivity (Wildman–Crippen MR) is 65.3 cm³/mol. The highest BCUT2D eigenvalue weighted by Gasteiger charge is 2.09. The lowest BCUT2D eigenvalue weighted by Gasteiger charge is -2.07. The van der Waals surface area contributed by atoms with Crippen molar-refractivity contribution in [3.8, 4) is 11.6 Å². The molecule has 92 valence electrons. The first-order valence-electron chi connectivity index (χ1n) is 5.04. The smallest absolute Gasteiger partial charge is 0.337 e. The third kappa shape index (κ3) is 2.75. The molecular formula is C12H9ClN2O3.